The van der Waals surface area contributed by atoms with Crippen LogP contribution in [0, 0.1) is 0 Å². The molecule has 1 rings (SSSR count). The van der Waals surface area contributed by atoms with Gasteiger partial charge in [-0.15, -0.1) is 0 Å². The summed E-state index contributed by atoms with van der Waals surface area (Å²) in [7, 11) is 0. The van der Waals surface area contributed by atoms with Gasteiger partial charge in [0.15, 0.2) is 6.61 Å². The van der Waals surface area contributed by atoms with Crippen molar-refractivity contribution >= 4 is 35.8 Å². The number of aliphatic hydroxyl groups excluding tert-OH is 1. The molecule has 2 N–H and O–H groups in total. The number of carboxylic acid groups (broad SMARTS) is 1. The smallest absolute Gasteiger partial charge is 0.434 e. The molecule has 0 unspecified atom stereocenters. The van der Waals surface area contributed by atoms with Crippen LogP contribution in [0.15, 0.2) is 36.5 Å². The van der Waals surface area contributed by atoms with Crippen molar-refractivity contribution in [1.82, 2.24) is 0 Å². The first-order valence-corrected chi connectivity index (χ1v) is 12.3. The molecule has 0 aromatic carbocycles. The van der Waals surface area contributed by atoms with Crippen LogP contribution in [0.2, 0.25) is 0 Å². The standard InChI is InChI=1S/C9H5F9O4.C7H4F6O4.C4H2O3.C3H2F6O/c10-7(11,12)3-21-4(19)1-2-5(20)22-6(8(13,14)15)9(16,17)18;8-6(9,10)5(7(11,12)13)17-4(16)2-1-3(14)15;5-3-1-2-4(6)7-3;4-2(5,6)1(10)3(7,8)9/h1-2,6H,3H2;1-2,5H,(H,14,15);1-2H;1,10H/b2-1+;2-1-;;. The van der Waals surface area contributed by atoms with Crippen molar-refractivity contribution in [3.8, 4) is 0 Å². The maximum atomic E-state index is 12.0. The van der Waals surface area contributed by atoms with Gasteiger partial charge in [0, 0.05) is 36.5 Å². The van der Waals surface area contributed by atoms with E-state index in [1.165, 1.54) is 0 Å². The Hall–Kier alpha value is -5.27. The Kier molecular flexibility index (Phi) is 20.8. The average molecular weight is 880 g/mol. The van der Waals surface area contributed by atoms with E-state index < -0.39 is 104 Å². The zero-order valence-electron chi connectivity index (χ0n) is 25.3. The number of esters is 5. The highest BCUT2D eigenvalue weighted by molar-refractivity contribution is 6.04. The van der Waals surface area contributed by atoms with Gasteiger partial charge in [0.1, 0.15) is 0 Å². The number of carboxylic acids is 1. The van der Waals surface area contributed by atoms with Crippen LogP contribution in [-0.2, 0) is 47.7 Å². The Morgan fingerprint density at radius 1 is 0.536 bits per heavy atom. The predicted octanol–water partition coefficient (Wildman–Crippen LogP) is 5.45. The molecule has 33 heteroatoms. The van der Waals surface area contributed by atoms with Gasteiger partial charge in [0.2, 0.25) is 6.10 Å². The maximum absolute atomic E-state index is 12.0. The van der Waals surface area contributed by atoms with Gasteiger partial charge < -0.3 is 29.2 Å². The normalized spacial score (nSPS) is 14.1. The number of rotatable bonds is 7. The number of ether oxygens (including phenoxy) is 4. The van der Waals surface area contributed by atoms with Crippen LogP contribution < -0.4 is 0 Å². The van der Waals surface area contributed by atoms with Crippen molar-refractivity contribution in [2.45, 2.75) is 61.5 Å². The first-order valence-electron chi connectivity index (χ1n) is 12.3. The second kappa shape index (κ2) is 21.1. The van der Waals surface area contributed by atoms with Crippen LogP contribution in [0.4, 0.5) is 92.2 Å². The Labute approximate surface area is 291 Å². The first kappa shape index (κ1) is 55.1. The number of aliphatic hydroxyl groups is 1. The van der Waals surface area contributed by atoms with E-state index in [-0.39, 0.29) is 24.3 Å². The molecule has 56 heavy (non-hydrogen) atoms. The summed E-state index contributed by atoms with van der Waals surface area (Å²) in [5.74, 6) is -9.01. The lowest BCUT2D eigenvalue weighted by Gasteiger charge is -2.22. The number of aliphatic carboxylic acids is 1. The molecule has 1 aliphatic heterocycles. The minimum atomic E-state index is -5.96. The third-order valence-electron chi connectivity index (χ3n) is 3.93. The second-order valence-electron chi connectivity index (χ2n) is 8.59. The molecule has 0 aliphatic carbocycles. The summed E-state index contributed by atoms with van der Waals surface area (Å²) in [5, 5.41) is 15.4. The maximum Gasteiger partial charge on any atom is 0.434 e. The molecule has 0 amide bonds. The van der Waals surface area contributed by atoms with Crippen LogP contribution in [0.1, 0.15) is 0 Å². The molecule has 0 bridgehead atoms. The molecule has 0 atom stereocenters. The largest absolute Gasteiger partial charge is 0.478 e. The minimum Gasteiger partial charge on any atom is -0.478 e. The van der Waals surface area contributed by atoms with Gasteiger partial charge in [-0.2, -0.15) is 92.2 Å². The zero-order valence-corrected chi connectivity index (χ0v) is 25.3. The number of alkyl halides is 21. The Bertz CT molecular complexity index is 1370. The summed E-state index contributed by atoms with van der Waals surface area (Å²) in [5.41, 5.74) is 0. The van der Waals surface area contributed by atoms with E-state index in [2.05, 4.69) is 18.9 Å². The molecule has 1 aliphatic rings. The fourth-order valence-corrected chi connectivity index (χ4v) is 1.91. The van der Waals surface area contributed by atoms with Crippen molar-refractivity contribution in [3.05, 3.63) is 36.5 Å². The van der Waals surface area contributed by atoms with Crippen LogP contribution in [-0.4, -0.2) is 114 Å². The van der Waals surface area contributed by atoms with Gasteiger partial charge in [0.25, 0.3) is 12.2 Å². The van der Waals surface area contributed by atoms with E-state index in [1.54, 1.807) is 0 Å². The number of hydrogen-bond donors (Lipinski definition) is 2. The first-order chi connectivity index (χ1) is 24.5. The molecule has 324 valence electrons. The molecule has 0 saturated carbocycles. The lowest BCUT2D eigenvalue weighted by molar-refractivity contribution is -0.312. The quantitative estimate of drug-likeness (QED) is 0.109. The Morgan fingerprint density at radius 2 is 0.821 bits per heavy atom. The molecular formula is C23H13F21O12. The number of hydrogen-bond acceptors (Lipinski definition) is 11. The third-order valence-corrected chi connectivity index (χ3v) is 3.93. The van der Waals surface area contributed by atoms with E-state index in [9.17, 15) is 121 Å². The van der Waals surface area contributed by atoms with Gasteiger partial charge >= 0.3 is 79.0 Å². The van der Waals surface area contributed by atoms with Crippen molar-refractivity contribution in [3.63, 3.8) is 0 Å². The Balaban J connectivity index is -0.000000724. The molecule has 1 heterocycles. The summed E-state index contributed by atoms with van der Waals surface area (Å²) in [6, 6.07) is 0. The molecule has 12 nitrogen and oxygen atoms in total. The lowest BCUT2D eigenvalue weighted by atomic mass is 10.3. The number of carbonyl (C=O) groups is 6. The average Bonchev–Trinajstić information content (AvgIpc) is 3.34. The summed E-state index contributed by atoms with van der Waals surface area (Å²) < 4.78 is 257. The van der Waals surface area contributed by atoms with E-state index in [4.69, 9.17) is 10.2 Å². The van der Waals surface area contributed by atoms with Gasteiger partial charge in [-0.1, -0.05) is 0 Å². The zero-order chi connectivity index (χ0) is 45.5. The topological polar surface area (TPSA) is 180 Å². The molecule has 0 radical (unpaired) electrons. The second-order valence-corrected chi connectivity index (χ2v) is 8.59. The van der Waals surface area contributed by atoms with E-state index in [1.807, 2.05) is 0 Å². The highest BCUT2D eigenvalue weighted by atomic mass is 19.4. The van der Waals surface area contributed by atoms with E-state index >= 15 is 0 Å². The number of halogens is 21. The minimum absolute atomic E-state index is 0.0478. The number of cyclic esters (lactones) is 2. The Morgan fingerprint density at radius 3 is 1.02 bits per heavy atom. The number of carbonyl (C=O) groups excluding carboxylic acids is 5. The fraction of sp³-hybridized carbons (Fsp3) is 0.478. The van der Waals surface area contributed by atoms with Crippen LogP contribution in [0.25, 0.3) is 0 Å². The third kappa shape index (κ3) is 27.3. The summed E-state index contributed by atoms with van der Waals surface area (Å²) >= 11 is 0. The molecular weight excluding hydrogens is 867 g/mol. The summed E-state index contributed by atoms with van der Waals surface area (Å²) in [6.45, 7) is -2.06. The van der Waals surface area contributed by atoms with Crippen molar-refractivity contribution in [1.29, 1.82) is 0 Å². The molecule has 0 spiro atoms. The molecule has 0 aromatic heterocycles. The monoisotopic (exact) mass is 880 g/mol. The lowest BCUT2D eigenvalue weighted by Crippen LogP contribution is -2.45. The van der Waals surface area contributed by atoms with Gasteiger partial charge in [0.05, 0.1) is 0 Å². The highest BCUT2D eigenvalue weighted by Crippen LogP contribution is 2.37. The fourth-order valence-electron chi connectivity index (χ4n) is 1.91. The molecule has 0 aromatic rings. The summed E-state index contributed by atoms with van der Waals surface area (Å²) in [4.78, 5) is 61.5. The van der Waals surface area contributed by atoms with E-state index in [0.29, 0.717) is 0 Å². The van der Waals surface area contributed by atoms with Gasteiger partial charge in [-0.05, 0) is 0 Å². The van der Waals surface area contributed by atoms with Crippen molar-refractivity contribution in [2.75, 3.05) is 6.61 Å². The van der Waals surface area contributed by atoms with Crippen molar-refractivity contribution < 1.29 is 150 Å². The summed E-state index contributed by atoms with van der Waals surface area (Å²) in [6.07, 6.45) is -50.9. The van der Waals surface area contributed by atoms with E-state index in [0.717, 1.165) is 12.2 Å². The highest BCUT2D eigenvalue weighted by Gasteiger charge is 2.61. The van der Waals surface area contributed by atoms with Crippen LogP contribution in [0.3, 0.4) is 0 Å². The van der Waals surface area contributed by atoms with Crippen LogP contribution in [0.5, 0.6) is 0 Å². The van der Waals surface area contributed by atoms with Crippen molar-refractivity contribution in [2.24, 2.45) is 0 Å². The SMILES string of the molecule is O=C(/C=C/C(=O)OC(C(F)(F)F)C(F)(F)F)OCC(F)(F)F.O=C(O)/C=C\C(=O)OC(C(F)(F)F)C(F)(F)F.O=C1C=CC(=O)O1.OC(C(F)(F)F)C(F)(F)F. The molecule has 0 fully saturated rings. The molecule has 0 saturated heterocycles. The van der Waals surface area contributed by atoms with Crippen LogP contribution >= 0.6 is 0 Å². The van der Waals surface area contributed by atoms with Gasteiger partial charge in [-0.25, -0.2) is 28.8 Å². The predicted molar refractivity (Wildman–Crippen MR) is 125 cm³/mol. The van der Waals surface area contributed by atoms with Gasteiger partial charge in [-0.3, -0.25) is 0 Å².